The first-order chi connectivity index (χ1) is 8.99. The number of benzene rings is 1. The molecule has 5 heteroatoms. The van der Waals surface area contributed by atoms with E-state index in [1.165, 1.54) is 5.01 Å². The molecule has 1 aliphatic rings. The zero-order valence-electron chi connectivity index (χ0n) is 11.2. The lowest BCUT2D eigenvalue weighted by Gasteiger charge is -2.36. The predicted octanol–water partition coefficient (Wildman–Crippen LogP) is 3.52. The maximum Gasteiger partial charge on any atom is 0.106 e. The second-order valence-electron chi connectivity index (χ2n) is 5.69. The van der Waals surface area contributed by atoms with Gasteiger partial charge in [0.25, 0.3) is 0 Å². The Balaban J connectivity index is 2.04. The molecule has 2 heterocycles. The number of thiazole rings is 1. The molecule has 1 saturated heterocycles. The summed E-state index contributed by atoms with van der Waals surface area (Å²) >= 11 is 7.83. The Labute approximate surface area is 122 Å². The molecule has 0 unspecified atom stereocenters. The highest BCUT2D eigenvalue weighted by Gasteiger charge is 2.33. The smallest absolute Gasteiger partial charge is 0.106 e. The highest BCUT2D eigenvalue weighted by Crippen LogP contribution is 2.41. The number of likely N-dealkylation sites (tertiary alicyclic amines) is 1. The number of piperidine rings is 1. The molecule has 102 valence electrons. The Morgan fingerprint density at radius 1 is 1.37 bits per heavy atom. The Hall–Kier alpha value is -0.840. The Morgan fingerprint density at radius 2 is 2.05 bits per heavy atom. The minimum absolute atomic E-state index is 0.176. The molecule has 0 atom stereocenters. The first-order valence-corrected chi connectivity index (χ1v) is 7.73. The van der Waals surface area contributed by atoms with Crippen LogP contribution < -0.4 is 5.73 Å². The molecule has 0 spiro atoms. The van der Waals surface area contributed by atoms with Crippen molar-refractivity contribution >= 4 is 38.8 Å². The second kappa shape index (κ2) is 4.62. The predicted molar refractivity (Wildman–Crippen MR) is 83.1 cm³/mol. The van der Waals surface area contributed by atoms with Gasteiger partial charge in [-0.15, -0.1) is 11.3 Å². The van der Waals surface area contributed by atoms with Crippen molar-refractivity contribution in [2.75, 3.05) is 25.9 Å². The van der Waals surface area contributed by atoms with Gasteiger partial charge in [-0.1, -0.05) is 18.5 Å². The van der Waals surface area contributed by atoms with E-state index in [9.17, 15) is 0 Å². The number of nitrogen functional groups attached to an aromatic ring is 1. The van der Waals surface area contributed by atoms with Crippen molar-refractivity contribution in [1.82, 2.24) is 9.88 Å². The molecular formula is C14H18ClN3S. The standard InChI is InChI=1S/C14H18ClN3S/c1-14(5-7-18(2)8-6-14)13-17-12-10(19-13)4-3-9(15)11(12)16/h3-4H,5-8,16H2,1-2H3. The van der Waals surface area contributed by atoms with Gasteiger partial charge in [-0.2, -0.15) is 0 Å². The fraction of sp³-hybridized carbons (Fsp3) is 0.500. The van der Waals surface area contributed by atoms with Gasteiger partial charge < -0.3 is 10.6 Å². The Morgan fingerprint density at radius 3 is 2.74 bits per heavy atom. The minimum Gasteiger partial charge on any atom is -0.396 e. The highest BCUT2D eigenvalue weighted by molar-refractivity contribution is 7.18. The van der Waals surface area contributed by atoms with Crippen LogP contribution in [-0.4, -0.2) is 30.0 Å². The number of anilines is 1. The van der Waals surface area contributed by atoms with Crippen molar-refractivity contribution in [2.24, 2.45) is 0 Å². The van der Waals surface area contributed by atoms with Crippen LogP contribution in [-0.2, 0) is 5.41 Å². The van der Waals surface area contributed by atoms with Crippen LogP contribution in [0.4, 0.5) is 5.69 Å². The summed E-state index contributed by atoms with van der Waals surface area (Å²) in [4.78, 5) is 7.16. The summed E-state index contributed by atoms with van der Waals surface area (Å²) in [5.41, 5.74) is 7.68. The van der Waals surface area contributed by atoms with E-state index in [-0.39, 0.29) is 5.41 Å². The Bertz CT molecular complexity index is 614. The summed E-state index contributed by atoms with van der Waals surface area (Å²) in [6.45, 7) is 4.57. The molecule has 0 saturated carbocycles. The lowest BCUT2D eigenvalue weighted by Crippen LogP contribution is -2.38. The third kappa shape index (κ3) is 2.22. The topological polar surface area (TPSA) is 42.2 Å². The largest absolute Gasteiger partial charge is 0.396 e. The van der Waals surface area contributed by atoms with Crippen molar-refractivity contribution < 1.29 is 0 Å². The van der Waals surface area contributed by atoms with Crippen molar-refractivity contribution in [2.45, 2.75) is 25.2 Å². The van der Waals surface area contributed by atoms with E-state index in [2.05, 4.69) is 18.9 Å². The zero-order chi connectivity index (χ0) is 13.6. The summed E-state index contributed by atoms with van der Waals surface area (Å²) in [7, 11) is 2.18. The van der Waals surface area contributed by atoms with Crippen LogP contribution in [0.1, 0.15) is 24.8 Å². The van der Waals surface area contributed by atoms with Gasteiger partial charge in [0.05, 0.1) is 20.4 Å². The molecular weight excluding hydrogens is 278 g/mol. The van der Waals surface area contributed by atoms with Gasteiger partial charge in [0.15, 0.2) is 0 Å². The van der Waals surface area contributed by atoms with Gasteiger partial charge in [-0.05, 0) is 45.1 Å². The van der Waals surface area contributed by atoms with Crippen LogP contribution >= 0.6 is 22.9 Å². The summed E-state index contributed by atoms with van der Waals surface area (Å²) in [6.07, 6.45) is 2.30. The average molecular weight is 296 g/mol. The third-order valence-electron chi connectivity index (χ3n) is 4.15. The molecule has 0 aliphatic carbocycles. The summed E-state index contributed by atoms with van der Waals surface area (Å²) in [5, 5.41) is 1.79. The number of halogens is 1. The average Bonchev–Trinajstić information content (AvgIpc) is 2.83. The van der Waals surface area contributed by atoms with Crippen LogP contribution in [0.2, 0.25) is 5.02 Å². The van der Waals surface area contributed by atoms with Crippen LogP contribution in [0.5, 0.6) is 0 Å². The van der Waals surface area contributed by atoms with Gasteiger partial charge in [0, 0.05) is 5.41 Å². The molecule has 1 aliphatic heterocycles. The van der Waals surface area contributed by atoms with Gasteiger partial charge in [-0.3, -0.25) is 0 Å². The lowest BCUT2D eigenvalue weighted by atomic mass is 9.81. The van der Waals surface area contributed by atoms with Crippen LogP contribution in [0.15, 0.2) is 12.1 Å². The van der Waals surface area contributed by atoms with Crippen LogP contribution in [0, 0.1) is 0 Å². The number of fused-ring (bicyclic) bond motifs is 1. The monoisotopic (exact) mass is 295 g/mol. The highest BCUT2D eigenvalue weighted by atomic mass is 35.5. The van der Waals surface area contributed by atoms with E-state index in [1.807, 2.05) is 12.1 Å². The molecule has 1 aromatic heterocycles. The normalized spacial score (nSPS) is 19.9. The van der Waals surface area contributed by atoms with E-state index in [1.54, 1.807) is 11.3 Å². The quantitative estimate of drug-likeness (QED) is 0.819. The number of hydrogen-bond acceptors (Lipinski definition) is 4. The number of nitrogens with two attached hydrogens (primary N) is 1. The number of rotatable bonds is 1. The maximum atomic E-state index is 6.07. The molecule has 2 aromatic rings. The molecule has 0 radical (unpaired) electrons. The van der Waals surface area contributed by atoms with Crippen molar-refractivity contribution in [3.63, 3.8) is 0 Å². The first kappa shape index (κ1) is 13.2. The zero-order valence-corrected chi connectivity index (χ0v) is 12.8. The second-order valence-corrected chi connectivity index (χ2v) is 7.13. The molecule has 19 heavy (non-hydrogen) atoms. The lowest BCUT2D eigenvalue weighted by molar-refractivity contribution is 0.200. The van der Waals surface area contributed by atoms with E-state index >= 15 is 0 Å². The minimum atomic E-state index is 0.176. The SMILES string of the molecule is CN1CCC(C)(c2nc3c(N)c(Cl)ccc3s2)CC1. The molecule has 3 nitrogen and oxygen atoms in total. The third-order valence-corrected chi connectivity index (χ3v) is 5.81. The van der Waals surface area contributed by atoms with Gasteiger partial charge in [0.2, 0.25) is 0 Å². The molecule has 1 fully saturated rings. The summed E-state index contributed by atoms with van der Waals surface area (Å²) in [5.74, 6) is 0. The van der Waals surface area contributed by atoms with Gasteiger partial charge >= 0.3 is 0 Å². The van der Waals surface area contributed by atoms with E-state index in [4.69, 9.17) is 22.3 Å². The molecule has 1 aromatic carbocycles. The summed E-state index contributed by atoms with van der Waals surface area (Å²) < 4.78 is 1.14. The molecule has 0 bridgehead atoms. The van der Waals surface area contributed by atoms with Crippen LogP contribution in [0.3, 0.4) is 0 Å². The summed E-state index contributed by atoms with van der Waals surface area (Å²) in [6, 6.07) is 3.88. The van der Waals surface area contributed by atoms with Crippen molar-refractivity contribution in [1.29, 1.82) is 0 Å². The van der Waals surface area contributed by atoms with Crippen molar-refractivity contribution in [3.05, 3.63) is 22.2 Å². The van der Waals surface area contributed by atoms with E-state index < -0.39 is 0 Å². The van der Waals surface area contributed by atoms with E-state index in [0.29, 0.717) is 10.7 Å². The number of aromatic nitrogens is 1. The van der Waals surface area contributed by atoms with Crippen LogP contribution in [0.25, 0.3) is 10.2 Å². The fourth-order valence-electron chi connectivity index (χ4n) is 2.57. The van der Waals surface area contributed by atoms with Gasteiger partial charge in [0.1, 0.15) is 5.52 Å². The van der Waals surface area contributed by atoms with Gasteiger partial charge in [-0.25, -0.2) is 4.98 Å². The first-order valence-electron chi connectivity index (χ1n) is 6.53. The Kier molecular flexibility index (Phi) is 3.20. The number of hydrogen-bond donors (Lipinski definition) is 1. The molecule has 3 rings (SSSR count). The maximum absolute atomic E-state index is 6.07. The van der Waals surface area contributed by atoms with E-state index in [0.717, 1.165) is 36.1 Å². The van der Waals surface area contributed by atoms with Crippen molar-refractivity contribution in [3.8, 4) is 0 Å². The number of nitrogens with zero attached hydrogens (tertiary/aromatic N) is 2. The molecule has 2 N–H and O–H groups in total. The molecule has 0 amide bonds. The fourth-order valence-corrected chi connectivity index (χ4v) is 3.91.